The summed E-state index contributed by atoms with van der Waals surface area (Å²) in [5.41, 5.74) is 7.34. The first kappa shape index (κ1) is 10.8. The lowest BCUT2D eigenvalue weighted by molar-refractivity contribution is 0.171. The van der Waals surface area contributed by atoms with Gasteiger partial charge in [-0.15, -0.1) is 0 Å². The second kappa shape index (κ2) is 5.44. The number of nitrogens with zero attached hydrogens (tertiary/aromatic N) is 1. The van der Waals surface area contributed by atoms with Gasteiger partial charge in [-0.1, -0.05) is 0 Å². The molecule has 0 amide bonds. The van der Waals surface area contributed by atoms with Gasteiger partial charge in [0.2, 0.25) is 5.88 Å². The standard InChI is InChI=1S/C10H16N2O2/c1-8-6-9(11)10(12-7-8)14-5-3-4-13-2/h6-7H,3-5,11H2,1-2H3. The number of nitrogen functional groups attached to an aromatic ring is 1. The van der Waals surface area contributed by atoms with Crippen molar-refractivity contribution in [1.82, 2.24) is 4.98 Å². The molecular weight excluding hydrogens is 180 g/mol. The van der Waals surface area contributed by atoms with Gasteiger partial charge in [0.1, 0.15) is 0 Å². The Morgan fingerprint density at radius 1 is 1.43 bits per heavy atom. The maximum Gasteiger partial charge on any atom is 0.237 e. The normalized spacial score (nSPS) is 10.1. The van der Waals surface area contributed by atoms with E-state index in [1.807, 2.05) is 13.0 Å². The number of aryl methyl sites for hydroxylation is 1. The number of hydrogen-bond acceptors (Lipinski definition) is 4. The summed E-state index contributed by atoms with van der Waals surface area (Å²) in [6.45, 7) is 3.21. The number of methoxy groups -OCH3 is 1. The van der Waals surface area contributed by atoms with Crippen molar-refractivity contribution >= 4 is 5.69 Å². The maximum absolute atomic E-state index is 5.72. The highest BCUT2D eigenvalue weighted by molar-refractivity contribution is 5.49. The number of anilines is 1. The molecule has 78 valence electrons. The highest BCUT2D eigenvalue weighted by Crippen LogP contribution is 2.18. The zero-order valence-corrected chi connectivity index (χ0v) is 8.62. The van der Waals surface area contributed by atoms with Crippen LogP contribution >= 0.6 is 0 Å². The molecule has 0 aliphatic heterocycles. The zero-order valence-electron chi connectivity index (χ0n) is 8.62. The van der Waals surface area contributed by atoms with Crippen LogP contribution in [-0.2, 0) is 4.74 Å². The van der Waals surface area contributed by atoms with Crippen LogP contribution in [0.3, 0.4) is 0 Å². The van der Waals surface area contributed by atoms with Crippen molar-refractivity contribution in [2.45, 2.75) is 13.3 Å². The van der Waals surface area contributed by atoms with E-state index in [9.17, 15) is 0 Å². The fourth-order valence-corrected chi connectivity index (χ4v) is 1.07. The molecule has 4 nitrogen and oxygen atoms in total. The van der Waals surface area contributed by atoms with Crippen molar-refractivity contribution in [1.29, 1.82) is 0 Å². The fraction of sp³-hybridized carbons (Fsp3) is 0.500. The summed E-state index contributed by atoms with van der Waals surface area (Å²) in [5, 5.41) is 0. The Kier molecular flexibility index (Phi) is 4.19. The van der Waals surface area contributed by atoms with Crippen molar-refractivity contribution in [3.63, 3.8) is 0 Å². The van der Waals surface area contributed by atoms with E-state index in [4.69, 9.17) is 15.2 Å². The van der Waals surface area contributed by atoms with E-state index in [2.05, 4.69) is 4.98 Å². The van der Waals surface area contributed by atoms with Gasteiger partial charge in [0.15, 0.2) is 0 Å². The first-order valence-corrected chi connectivity index (χ1v) is 4.58. The third-order valence-electron chi connectivity index (χ3n) is 1.75. The van der Waals surface area contributed by atoms with Crippen LogP contribution in [0.5, 0.6) is 5.88 Å². The molecule has 0 unspecified atom stereocenters. The van der Waals surface area contributed by atoms with E-state index in [0.717, 1.165) is 12.0 Å². The minimum atomic E-state index is 0.506. The topological polar surface area (TPSA) is 57.4 Å². The van der Waals surface area contributed by atoms with Gasteiger partial charge in [0, 0.05) is 26.3 Å². The summed E-state index contributed by atoms with van der Waals surface area (Å²) in [5.74, 6) is 0.506. The average Bonchev–Trinajstić information content (AvgIpc) is 2.15. The summed E-state index contributed by atoms with van der Waals surface area (Å²) in [6.07, 6.45) is 2.58. The molecule has 0 radical (unpaired) electrons. The lowest BCUT2D eigenvalue weighted by Crippen LogP contribution is -2.04. The zero-order chi connectivity index (χ0) is 10.4. The highest BCUT2D eigenvalue weighted by Gasteiger charge is 2.01. The highest BCUT2D eigenvalue weighted by atomic mass is 16.5. The van der Waals surface area contributed by atoms with E-state index in [-0.39, 0.29) is 0 Å². The van der Waals surface area contributed by atoms with E-state index < -0.39 is 0 Å². The third-order valence-corrected chi connectivity index (χ3v) is 1.75. The number of rotatable bonds is 5. The number of aromatic nitrogens is 1. The summed E-state index contributed by atoms with van der Waals surface area (Å²) < 4.78 is 10.3. The summed E-state index contributed by atoms with van der Waals surface area (Å²) in [6, 6.07) is 1.85. The maximum atomic E-state index is 5.72. The fourth-order valence-electron chi connectivity index (χ4n) is 1.07. The number of nitrogens with two attached hydrogens (primary N) is 1. The molecule has 2 N–H and O–H groups in total. The van der Waals surface area contributed by atoms with Crippen molar-refractivity contribution in [3.05, 3.63) is 17.8 Å². The number of ether oxygens (including phenoxy) is 2. The Bertz CT molecular complexity index is 289. The number of pyridine rings is 1. The molecule has 0 aliphatic carbocycles. The molecule has 1 rings (SSSR count). The summed E-state index contributed by atoms with van der Waals surface area (Å²) >= 11 is 0. The molecule has 0 aliphatic rings. The molecule has 1 aromatic heterocycles. The van der Waals surface area contributed by atoms with Crippen LogP contribution in [-0.4, -0.2) is 25.3 Å². The van der Waals surface area contributed by atoms with Gasteiger partial charge < -0.3 is 15.2 Å². The van der Waals surface area contributed by atoms with Gasteiger partial charge in [-0.3, -0.25) is 0 Å². The van der Waals surface area contributed by atoms with Gasteiger partial charge in [-0.05, 0) is 18.6 Å². The first-order valence-electron chi connectivity index (χ1n) is 4.58. The SMILES string of the molecule is COCCCOc1ncc(C)cc1N. The van der Waals surface area contributed by atoms with Crippen LogP contribution < -0.4 is 10.5 Å². The smallest absolute Gasteiger partial charge is 0.237 e. The van der Waals surface area contributed by atoms with E-state index in [1.165, 1.54) is 0 Å². The molecule has 0 saturated heterocycles. The Labute approximate surface area is 84.0 Å². The minimum Gasteiger partial charge on any atom is -0.476 e. The second-order valence-corrected chi connectivity index (χ2v) is 3.10. The molecule has 0 spiro atoms. The van der Waals surface area contributed by atoms with Crippen molar-refractivity contribution in [2.75, 3.05) is 26.1 Å². The van der Waals surface area contributed by atoms with Gasteiger partial charge in [0.05, 0.1) is 12.3 Å². The number of hydrogen-bond donors (Lipinski definition) is 1. The molecule has 1 heterocycles. The van der Waals surface area contributed by atoms with Gasteiger partial charge in [-0.25, -0.2) is 4.98 Å². The Hall–Kier alpha value is -1.29. The van der Waals surface area contributed by atoms with E-state index >= 15 is 0 Å². The van der Waals surface area contributed by atoms with Gasteiger partial charge in [-0.2, -0.15) is 0 Å². The predicted octanol–water partition coefficient (Wildman–Crippen LogP) is 1.39. The summed E-state index contributed by atoms with van der Waals surface area (Å²) in [4.78, 5) is 4.09. The van der Waals surface area contributed by atoms with Crippen molar-refractivity contribution in [3.8, 4) is 5.88 Å². The lowest BCUT2D eigenvalue weighted by atomic mass is 10.3. The Balaban J connectivity index is 2.42. The second-order valence-electron chi connectivity index (χ2n) is 3.10. The third kappa shape index (κ3) is 3.22. The average molecular weight is 196 g/mol. The Morgan fingerprint density at radius 2 is 2.21 bits per heavy atom. The predicted molar refractivity (Wildman–Crippen MR) is 55.4 cm³/mol. The van der Waals surface area contributed by atoms with Crippen molar-refractivity contribution < 1.29 is 9.47 Å². The monoisotopic (exact) mass is 196 g/mol. The largest absolute Gasteiger partial charge is 0.476 e. The van der Waals surface area contributed by atoms with Crippen molar-refractivity contribution in [2.24, 2.45) is 0 Å². The molecule has 1 aromatic rings. The summed E-state index contributed by atoms with van der Waals surface area (Å²) in [7, 11) is 1.67. The quantitative estimate of drug-likeness (QED) is 0.723. The first-order chi connectivity index (χ1) is 6.74. The molecule has 0 atom stereocenters. The van der Waals surface area contributed by atoms with Crippen LogP contribution in [0, 0.1) is 6.92 Å². The van der Waals surface area contributed by atoms with Crippen LogP contribution in [0.25, 0.3) is 0 Å². The molecule has 4 heteroatoms. The lowest BCUT2D eigenvalue weighted by Gasteiger charge is -2.07. The van der Waals surface area contributed by atoms with Crippen LogP contribution in [0.4, 0.5) is 5.69 Å². The molecule has 0 saturated carbocycles. The van der Waals surface area contributed by atoms with Crippen LogP contribution in [0.15, 0.2) is 12.3 Å². The molecular formula is C10H16N2O2. The molecule has 0 bridgehead atoms. The van der Waals surface area contributed by atoms with Crippen LogP contribution in [0.1, 0.15) is 12.0 Å². The van der Waals surface area contributed by atoms with Gasteiger partial charge >= 0.3 is 0 Å². The van der Waals surface area contributed by atoms with Gasteiger partial charge in [0.25, 0.3) is 0 Å². The van der Waals surface area contributed by atoms with E-state index in [1.54, 1.807) is 13.3 Å². The molecule has 14 heavy (non-hydrogen) atoms. The molecule has 0 aromatic carbocycles. The minimum absolute atomic E-state index is 0.506. The van der Waals surface area contributed by atoms with Crippen LogP contribution in [0.2, 0.25) is 0 Å². The molecule has 0 fully saturated rings. The van der Waals surface area contributed by atoms with E-state index in [0.29, 0.717) is 24.8 Å². The Morgan fingerprint density at radius 3 is 2.86 bits per heavy atom.